The Kier molecular flexibility index (Phi) is 3.64. The molecule has 0 radical (unpaired) electrons. The molecule has 0 saturated heterocycles. The van der Waals surface area contributed by atoms with E-state index in [1.807, 2.05) is 6.92 Å². The molecule has 1 heterocycles. The lowest BCUT2D eigenvalue weighted by Crippen LogP contribution is -2.33. The highest BCUT2D eigenvalue weighted by Crippen LogP contribution is 2.31. The summed E-state index contributed by atoms with van der Waals surface area (Å²) in [6.07, 6.45) is 2.48. The molecule has 6 heteroatoms. The minimum absolute atomic E-state index is 0.0338. The van der Waals surface area contributed by atoms with Crippen LogP contribution in [-0.4, -0.2) is 33.7 Å². The van der Waals surface area contributed by atoms with Crippen molar-refractivity contribution >= 4 is 11.9 Å². The Bertz CT molecular complexity index is 455. The van der Waals surface area contributed by atoms with Crippen molar-refractivity contribution in [3.05, 3.63) is 17.5 Å². The first-order valence-electron chi connectivity index (χ1n) is 6.11. The number of hydrogen-bond donors (Lipinski definition) is 3. The van der Waals surface area contributed by atoms with E-state index in [1.54, 1.807) is 6.07 Å². The minimum atomic E-state index is -0.762. The van der Waals surface area contributed by atoms with Crippen LogP contribution in [0.15, 0.2) is 6.07 Å². The Morgan fingerprint density at radius 3 is 2.94 bits per heavy atom. The lowest BCUT2D eigenvalue weighted by molar-refractivity contribution is -0.142. The summed E-state index contributed by atoms with van der Waals surface area (Å²) in [5.41, 5.74) is 1.17. The Morgan fingerprint density at radius 2 is 2.33 bits per heavy atom. The molecule has 1 aromatic rings. The summed E-state index contributed by atoms with van der Waals surface area (Å²) < 4.78 is 0. The number of aliphatic carboxylic acids is 1. The molecule has 98 valence electrons. The van der Waals surface area contributed by atoms with Crippen LogP contribution in [0.5, 0.6) is 0 Å². The van der Waals surface area contributed by atoms with Gasteiger partial charge in [0.15, 0.2) is 0 Å². The third-order valence-electron chi connectivity index (χ3n) is 3.44. The van der Waals surface area contributed by atoms with Crippen molar-refractivity contribution in [2.24, 2.45) is 11.8 Å². The average Bonchev–Trinajstić information content (AvgIpc) is 2.94. The summed E-state index contributed by atoms with van der Waals surface area (Å²) >= 11 is 0. The predicted molar refractivity (Wildman–Crippen MR) is 64.1 cm³/mol. The highest BCUT2D eigenvalue weighted by molar-refractivity contribution is 5.92. The van der Waals surface area contributed by atoms with E-state index in [0.717, 1.165) is 18.5 Å². The van der Waals surface area contributed by atoms with Crippen molar-refractivity contribution in [3.8, 4) is 0 Å². The Balaban J connectivity index is 1.88. The summed E-state index contributed by atoms with van der Waals surface area (Å²) in [6, 6.07) is 1.67. The maximum Gasteiger partial charge on any atom is 0.306 e. The van der Waals surface area contributed by atoms with E-state index >= 15 is 0 Å². The van der Waals surface area contributed by atoms with Gasteiger partial charge in [0.05, 0.1) is 5.92 Å². The predicted octanol–water partition coefficient (Wildman–Crippen LogP) is 0.949. The van der Waals surface area contributed by atoms with E-state index in [-0.39, 0.29) is 17.7 Å². The van der Waals surface area contributed by atoms with Crippen LogP contribution in [-0.2, 0) is 4.79 Å². The first-order chi connectivity index (χ1) is 8.58. The van der Waals surface area contributed by atoms with Gasteiger partial charge < -0.3 is 10.4 Å². The second-order valence-electron chi connectivity index (χ2n) is 4.78. The van der Waals surface area contributed by atoms with E-state index in [0.29, 0.717) is 18.7 Å². The summed E-state index contributed by atoms with van der Waals surface area (Å²) in [7, 11) is 0. The molecule has 0 spiro atoms. The maximum atomic E-state index is 11.8. The number of carbonyl (C=O) groups excluding carboxylic acids is 1. The summed E-state index contributed by atoms with van der Waals surface area (Å²) in [5.74, 6) is -1.31. The molecule has 18 heavy (non-hydrogen) atoms. The molecule has 2 atom stereocenters. The number of carboxylic acids is 1. The molecule has 6 nitrogen and oxygen atoms in total. The first kappa shape index (κ1) is 12.6. The number of rotatable bonds is 4. The van der Waals surface area contributed by atoms with Crippen LogP contribution in [0.25, 0.3) is 0 Å². The molecule has 3 N–H and O–H groups in total. The summed E-state index contributed by atoms with van der Waals surface area (Å²) in [5, 5.41) is 18.4. The van der Waals surface area contributed by atoms with Gasteiger partial charge in [-0.1, -0.05) is 6.42 Å². The van der Waals surface area contributed by atoms with Gasteiger partial charge in [0, 0.05) is 12.2 Å². The molecular weight excluding hydrogens is 234 g/mol. The lowest BCUT2D eigenvalue weighted by atomic mass is 9.96. The molecule has 1 aliphatic carbocycles. The fourth-order valence-electron chi connectivity index (χ4n) is 2.45. The number of aryl methyl sites for hydroxylation is 1. The largest absolute Gasteiger partial charge is 0.481 e. The first-order valence-corrected chi connectivity index (χ1v) is 6.11. The number of carboxylic acid groups (broad SMARTS) is 1. The molecule has 0 aromatic carbocycles. The summed E-state index contributed by atoms with van der Waals surface area (Å²) in [6.45, 7) is 2.23. The number of nitrogens with one attached hydrogen (secondary N) is 2. The van der Waals surface area contributed by atoms with Crippen LogP contribution < -0.4 is 5.32 Å². The van der Waals surface area contributed by atoms with Crippen molar-refractivity contribution in [2.75, 3.05) is 6.54 Å². The van der Waals surface area contributed by atoms with Crippen molar-refractivity contribution in [1.29, 1.82) is 0 Å². The van der Waals surface area contributed by atoms with Gasteiger partial charge in [-0.05, 0) is 31.7 Å². The molecule has 2 unspecified atom stereocenters. The van der Waals surface area contributed by atoms with E-state index in [4.69, 9.17) is 5.11 Å². The second-order valence-corrected chi connectivity index (χ2v) is 4.78. The fourth-order valence-corrected chi connectivity index (χ4v) is 2.45. The average molecular weight is 251 g/mol. The molecule has 1 saturated carbocycles. The highest BCUT2D eigenvalue weighted by Gasteiger charge is 2.32. The zero-order valence-corrected chi connectivity index (χ0v) is 10.3. The molecule has 0 aliphatic heterocycles. The molecular formula is C12H17N3O3. The molecule has 1 fully saturated rings. The zero-order chi connectivity index (χ0) is 13.1. The van der Waals surface area contributed by atoms with Crippen LogP contribution >= 0.6 is 0 Å². The van der Waals surface area contributed by atoms with Crippen LogP contribution in [0.2, 0.25) is 0 Å². The van der Waals surface area contributed by atoms with Crippen LogP contribution in [0.1, 0.15) is 35.4 Å². The van der Waals surface area contributed by atoms with Crippen LogP contribution in [0.4, 0.5) is 0 Å². The summed E-state index contributed by atoms with van der Waals surface area (Å²) in [4.78, 5) is 22.8. The number of amides is 1. The minimum Gasteiger partial charge on any atom is -0.481 e. The van der Waals surface area contributed by atoms with E-state index in [2.05, 4.69) is 15.5 Å². The molecule has 1 aliphatic rings. The van der Waals surface area contributed by atoms with E-state index in [9.17, 15) is 9.59 Å². The number of aromatic amines is 1. The zero-order valence-electron chi connectivity index (χ0n) is 10.3. The molecule has 1 aromatic heterocycles. The van der Waals surface area contributed by atoms with Gasteiger partial charge >= 0.3 is 5.97 Å². The lowest BCUT2D eigenvalue weighted by Gasteiger charge is -2.15. The number of nitrogens with zero attached hydrogens (tertiary/aromatic N) is 1. The third kappa shape index (κ3) is 2.69. The smallest absolute Gasteiger partial charge is 0.306 e. The SMILES string of the molecule is Cc1cc(C(=O)NCC2CCCC2C(=O)O)n[nH]1. The second kappa shape index (κ2) is 5.20. The van der Waals surface area contributed by atoms with Gasteiger partial charge in [0.25, 0.3) is 5.91 Å². The van der Waals surface area contributed by atoms with Crippen molar-refractivity contribution in [3.63, 3.8) is 0 Å². The van der Waals surface area contributed by atoms with E-state index < -0.39 is 5.97 Å². The number of hydrogen-bond acceptors (Lipinski definition) is 3. The van der Waals surface area contributed by atoms with Crippen molar-refractivity contribution < 1.29 is 14.7 Å². The normalized spacial score (nSPS) is 22.9. The fraction of sp³-hybridized carbons (Fsp3) is 0.583. The Morgan fingerprint density at radius 1 is 1.56 bits per heavy atom. The quantitative estimate of drug-likeness (QED) is 0.742. The van der Waals surface area contributed by atoms with Crippen LogP contribution in [0.3, 0.4) is 0 Å². The maximum absolute atomic E-state index is 11.8. The van der Waals surface area contributed by atoms with Crippen LogP contribution in [0, 0.1) is 18.8 Å². The van der Waals surface area contributed by atoms with Gasteiger partial charge in [0.2, 0.25) is 0 Å². The Hall–Kier alpha value is -1.85. The van der Waals surface area contributed by atoms with Gasteiger partial charge in [-0.2, -0.15) is 5.10 Å². The highest BCUT2D eigenvalue weighted by atomic mass is 16.4. The molecule has 1 amide bonds. The van der Waals surface area contributed by atoms with E-state index in [1.165, 1.54) is 0 Å². The number of carbonyl (C=O) groups is 2. The van der Waals surface area contributed by atoms with Crippen molar-refractivity contribution in [2.45, 2.75) is 26.2 Å². The van der Waals surface area contributed by atoms with Gasteiger partial charge in [-0.25, -0.2) is 0 Å². The topological polar surface area (TPSA) is 95.1 Å². The number of H-pyrrole nitrogens is 1. The van der Waals surface area contributed by atoms with Gasteiger partial charge in [-0.3, -0.25) is 14.7 Å². The standard InChI is InChI=1S/C12H17N3O3/c1-7-5-10(15-14-7)11(16)13-6-8-3-2-4-9(8)12(17)18/h5,8-9H,2-4,6H2,1H3,(H,13,16)(H,14,15)(H,17,18). The molecule has 0 bridgehead atoms. The monoisotopic (exact) mass is 251 g/mol. The van der Waals surface area contributed by atoms with Gasteiger partial charge in [-0.15, -0.1) is 0 Å². The Labute approximate surface area is 105 Å². The number of aromatic nitrogens is 2. The van der Waals surface area contributed by atoms with Crippen molar-refractivity contribution in [1.82, 2.24) is 15.5 Å². The van der Waals surface area contributed by atoms with Gasteiger partial charge in [0.1, 0.15) is 5.69 Å². The molecule has 2 rings (SSSR count). The third-order valence-corrected chi connectivity index (χ3v) is 3.44.